The van der Waals surface area contributed by atoms with Crippen molar-refractivity contribution in [3.05, 3.63) is 52.5 Å². The highest BCUT2D eigenvalue weighted by Gasteiger charge is 2.29. The third kappa shape index (κ3) is 4.31. The molecule has 2 amide bonds. The number of amides is 2. The van der Waals surface area contributed by atoms with Gasteiger partial charge < -0.3 is 10.2 Å². The van der Waals surface area contributed by atoms with Gasteiger partial charge in [-0.3, -0.25) is 9.59 Å². The number of hydrogen-bond acceptors (Lipinski definition) is 4. The van der Waals surface area contributed by atoms with E-state index in [1.807, 2.05) is 0 Å². The minimum atomic E-state index is -3.69. The molecule has 0 fully saturated rings. The van der Waals surface area contributed by atoms with E-state index in [2.05, 4.69) is 5.32 Å². The molecule has 6 nitrogen and oxygen atoms in total. The van der Waals surface area contributed by atoms with Crippen LogP contribution in [0.4, 0.5) is 11.4 Å². The molecular formula is C21H23ClN2O4S. The first-order valence-electron chi connectivity index (χ1n) is 9.31. The van der Waals surface area contributed by atoms with Crippen molar-refractivity contribution in [1.82, 2.24) is 0 Å². The Kier molecular flexibility index (Phi) is 6.00. The second-order valence-corrected chi connectivity index (χ2v) is 10.0. The molecule has 0 aromatic heterocycles. The Morgan fingerprint density at radius 3 is 2.66 bits per heavy atom. The van der Waals surface area contributed by atoms with Gasteiger partial charge in [0.25, 0.3) is 0 Å². The van der Waals surface area contributed by atoms with Crippen molar-refractivity contribution in [2.24, 2.45) is 0 Å². The molecule has 0 spiro atoms. The zero-order valence-electron chi connectivity index (χ0n) is 16.5. The van der Waals surface area contributed by atoms with Crippen LogP contribution in [-0.4, -0.2) is 32.0 Å². The molecule has 0 saturated heterocycles. The molecule has 0 aliphatic carbocycles. The van der Waals surface area contributed by atoms with Crippen LogP contribution in [0.25, 0.3) is 0 Å². The molecule has 1 aliphatic heterocycles. The van der Waals surface area contributed by atoms with Crippen LogP contribution in [0.2, 0.25) is 5.02 Å². The maximum absolute atomic E-state index is 13.0. The van der Waals surface area contributed by atoms with E-state index < -0.39 is 21.0 Å². The lowest BCUT2D eigenvalue weighted by Crippen LogP contribution is -2.26. The smallest absolute Gasteiger partial charge is 0.225 e. The van der Waals surface area contributed by atoms with Gasteiger partial charge in [0.15, 0.2) is 9.84 Å². The van der Waals surface area contributed by atoms with E-state index in [1.54, 1.807) is 42.2 Å². The minimum absolute atomic E-state index is 0.0688. The quantitative estimate of drug-likeness (QED) is 0.776. The summed E-state index contributed by atoms with van der Waals surface area (Å²) in [7, 11) is -3.69. The highest BCUT2D eigenvalue weighted by atomic mass is 35.5. The topological polar surface area (TPSA) is 83.6 Å². The third-order valence-electron chi connectivity index (χ3n) is 5.20. The van der Waals surface area contributed by atoms with Crippen molar-refractivity contribution >= 4 is 44.6 Å². The van der Waals surface area contributed by atoms with Gasteiger partial charge in [-0.2, -0.15) is 0 Å². The summed E-state index contributed by atoms with van der Waals surface area (Å²) in [5.41, 5.74) is 2.87. The van der Waals surface area contributed by atoms with Crippen LogP contribution >= 0.6 is 11.6 Å². The van der Waals surface area contributed by atoms with Crippen LogP contribution in [-0.2, 0) is 25.8 Å². The molecule has 8 heteroatoms. The molecule has 0 radical (unpaired) electrons. The van der Waals surface area contributed by atoms with E-state index in [4.69, 9.17) is 11.6 Å². The van der Waals surface area contributed by atoms with Crippen LogP contribution < -0.4 is 10.2 Å². The summed E-state index contributed by atoms with van der Waals surface area (Å²) in [4.78, 5) is 25.9. The molecule has 1 heterocycles. The number of fused-ring (bicyclic) bond motifs is 1. The van der Waals surface area contributed by atoms with E-state index >= 15 is 0 Å². The van der Waals surface area contributed by atoms with Gasteiger partial charge in [-0.05, 0) is 61.7 Å². The minimum Gasteiger partial charge on any atom is -0.326 e. The largest absolute Gasteiger partial charge is 0.326 e. The number of carbonyl (C=O) groups is 2. The summed E-state index contributed by atoms with van der Waals surface area (Å²) in [6, 6.07) is 9.95. The van der Waals surface area contributed by atoms with Crippen LogP contribution in [0, 0.1) is 6.92 Å². The molecule has 1 unspecified atom stereocenters. The summed E-state index contributed by atoms with van der Waals surface area (Å²) in [6.45, 7) is 5.34. The number of carbonyl (C=O) groups excluding carboxylic acids is 2. The third-order valence-corrected chi connectivity index (χ3v) is 7.75. The molecule has 0 bridgehead atoms. The lowest BCUT2D eigenvalue weighted by atomic mass is 10.2. The fourth-order valence-corrected chi connectivity index (χ4v) is 5.00. The standard InChI is InChI=1S/C21H23ClN2O4S/c1-13(11-21(26)23-19-6-4-5-18(22)14(19)2)29(27,28)17-7-8-20-16(12-17)9-10-24(20)15(3)25/h4-8,12-13H,9-11H2,1-3H3,(H,23,26). The zero-order chi connectivity index (χ0) is 21.3. The summed E-state index contributed by atoms with van der Waals surface area (Å²) in [5, 5.41) is 2.36. The molecule has 1 aliphatic rings. The summed E-state index contributed by atoms with van der Waals surface area (Å²) < 4.78 is 25.9. The van der Waals surface area contributed by atoms with Gasteiger partial charge >= 0.3 is 0 Å². The van der Waals surface area contributed by atoms with Gasteiger partial charge in [0.05, 0.1) is 10.1 Å². The normalized spacial score (nSPS) is 14.4. The van der Waals surface area contributed by atoms with Crippen molar-refractivity contribution in [2.75, 3.05) is 16.8 Å². The number of sulfone groups is 1. The van der Waals surface area contributed by atoms with Crippen molar-refractivity contribution < 1.29 is 18.0 Å². The molecule has 0 saturated carbocycles. The Hall–Kier alpha value is -2.38. The van der Waals surface area contributed by atoms with Gasteiger partial charge in [0.2, 0.25) is 11.8 Å². The van der Waals surface area contributed by atoms with Crippen LogP contribution in [0.15, 0.2) is 41.3 Å². The van der Waals surface area contributed by atoms with Crippen molar-refractivity contribution in [3.63, 3.8) is 0 Å². The predicted octanol–water partition coefficient (Wildman–Crippen LogP) is 3.75. The Balaban J connectivity index is 1.75. The van der Waals surface area contributed by atoms with Crippen molar-refractivity contribution in [2.45, 2.75) is 43.8 Å². The molecule has 2 aromatic carbocycles. The highest BCUT2D eigenvalue weighted by Crippen LogP contribution is 2.32. The number of benzene rings is 2. The molecule has 29 heavy (non-hydrogen) atoms. The lowest BCUT2D eigenvalue weighted by molar-refractivity contribution is -0.117. The fraction of sp³-hybridized carbons (Fsp3) is 0.333. The molecule has 1 N–H and O–H groups in total. The van der Waals surface area contributed by atoms with E-state index in [-0.39, 0.29) is 17.2 Å². The number of halogens is 1. The predicted molar refractivity (Wildman–Crippen MR) is 114 cm³/mol. The van der Waals surface area contributed by atoms with Gasteiger partial charge in [-0.1, -0.05) is 17.7 Å². The SMILES string of the molecule is CC(=O)N1CCc2cc(S(=O)(=O)C(C)CC(=O)Nc3cccc(Cl)c3C)ccc21. The monoisotopic (exact) mass is 434 g/mol. The summed E-state index contributed by atoms with van der Waals surface area (Å²) in [6.07, 6.45) is 0.437. The second kappa shape index (κ2) is 8.16. The maximum atomic E-state index is 13.0. The number of nitrogens with zero attached hydrogens (tertiary/aromatic N) is 1. The molecule has 154 valence electrons. The maximum Gasteiger partial charge on any atom is 0.225 e. The molecule has 2 aromatic rings. The molecular weight excluding hydrogens is 412 g/mol. The lowest BCUT2D eigenvalue weighted by Gasteiger charge is -2.17. The Bertz CT molecular complexity index is 1080. The van der Waals surface area contributed by atoms with Gasteiger partial charge in [0, 0.05) is 36.3 Å². The number of anilines is 2. The molecule has 1 atom stereocenters. The Labute approximate surface area is 175 Å². The van der Waals surface area contributed by atoms with Crippen LogP contribution in [0.3, 0.4) is 0 Å². The van der Waals surface area contributed by atoms with Crippen molar-refractivity contribution in [3.8, 4) is 0 Å². The highest BCUT2D eigenvalue weighted by molar-refractivity contribution is 7.92. The second-order valence-electron chi connectivity index (χ2n) is 7.23. The van der Waals surface area contributed by atoms with E-state index in [9.17, 15) is 18.0 Å². The van der Waals surface area contributed by atoms with E-state index in [0.717, 1.165) is 16.8 Å². The van der Waals surface area contributed by atoms with E-state index in [0.29, 0.717) is 23.7 Å². The fourth-order valence-electron chi connectivity index (χ4n) is 3.43. The van der Waals surface area contributed by atoms with Crippen LogP contribution in [0.5, 0.6) is 0 Å². The Morgan fingerprint density at radius 2 is 1.97 bits per heavy atom. The Morgan fingerprint density at radius 1 is 1.24 bits per heavy atom. The summed E-state index contributed by atoms with van der Waals surface area (Å²) >= 11 is 6.06. The van der Waals surface area contributed by atoms with Crippen LogP contribution in [0.1, 0.15) is 31.4 Å². The first-order valence-corrected chi connectivity index (χ1v) is 11.2. The van der Waals surface area contributed by atoms with Crippen molar-refractivity contribution in [1.29, 1.82) is 0 Å². The van der Waals surface area contributed by atoms with E-state index in [1.165, 1.54) is 19.9 Å². The average molecular weight is 435 g/mol. The number of rotatable bonds is 5. The van der Waals surface area contributed by atoms with Gasteiger partial charge in [0.1, 0.15) is 0 Å². The van der Waals surface area contributed by atoms with Gasteiger partial charge in [-0.25, -0.2) is 8.42 Å². The zero-order valence-corrected chi connectivity index (χ0v) is 18.1. The van der Waals surface area contributed by atoms with Gasteiger partial charge in [-0.15, -0.1) is 0 Å². The number of hydrogen-bond donors (Lipinski definition) is 1. The first kappa shape index (κ1) is 21.3. The number of nitrogens with one attached hydrogen (secondary N) is 1. The summed E-state index contributed by atoms with van der Waals surface area (Å²) in [5.74, 6) is -0.462. The molecule has 3 rings (SSSR count). The average Bonchev–Trinajstić information content (AvgIpc) is 3.09. The first-order chi connectivity index (χ1) is 13.6.